The van der Waals surface area contributed by atoms with Crippen molar-refractivity contribution in [2.45, 2.75) is 50.4 Å². The van der Waals surface area contributed by atoms with Crippen molar-refractivity contribution < 1.29 is 0 Å². The van der Waals surface area contributed by atoms with Gasteiger partial charge in [-0.15, -0.1) is 0 Å². The molecule has 2 bridgehead atoms. The van der Waals surface area contributed by atoms with E-state index in [2.05, 4.69) is 47.6 Å². The lowest BCUT2D eigenvalue weighted by atomic mass is 9.97. The Morgan fingerprint density at radius 1 is 1.12 bits per heavy atom. The molecule has 3 atom stereocenters. The largest absolute Gasteiger partial charge is 0.317 e. The van der Waals surface area contributed by atoms with Crippen LogP contribution in [0.5, 0.6) is 0 Å². The SMILES string of the molecule is CN[C@H]1C[C@H]2CC[C@@H](C1)N2Cc1ccccc1. The first kappa shape index (κ1) is 11.2. The molecule has 0 aliphatic carbocycles. The Labute approximate surface area is 104 Å². The maximum Gasteiger partial charge on any atom is 0.0239 e. The third-order valence-electron chi connectivity index (χ3n) is 4.50. The molecule has 17 heavy (non-hydrogen) atoms. The van der Waals surface area contributed by atoms with Gasteiger partial charge in [-0.1, -0.05) is 30.3 Å². The number of nitrogens with zero attached hydrogens (tertiary/aromatic N) is 1. The van der Waals surface area contributed by atoms with Crippen LogP contribution in [0, 0.1) is 0 Å². The first-order chi connectivity index (χ1) is 8.36. The van der Waals surface area contributed by atoms with Crippen LogP contribution < -0.4 is 5.32 Å². The zero-order chi connectivity index (χ0) is 11.7. The number of nitrogens with one attached hydrogen (secondary N) is 1. The third kappa shape index (κ3) is 2.24. The van der Waals surface area contributed by atoms with Crippen LogP contribution in [0.25, 0.3) is 0 Å². The van der Waals surface area contributed by atoms with Crippen LogP contribution in [-0.2, 0) is 6.54 Å². The van der Waals surface area contributed by atoms with Gasteiger partial charge in [0.2, 0.25) is 0 Å². The Hall–Kier alpha value is -0.860. The third-order valence-corrected chi connectivity index (χ3v) is 4.50. The molecular weight excluding hydrogens is 208 g/mol. The second kappa shape index (κ2) is 4.79. The van der Waals surface area contributed by atoms with Crippen molar-refractivity contribution in [2.75, 3.05) is 7.05 Å². The lowest BCUT2D eigenvalue weighted by Gasteiger charge is -2.39. The van der Waals surface area contributed by atoms with E-state index in [1.54, 1.807) is 0 Å². The minimum absolute atomic E-state index is 0.750. The molecule has 0 spiro atoms. The number of hydrogen-bond donors (Lipinski definition) is 1. The highest BCUT2D eigenvalue weighted by molar-refractivity contribution is 5.15. The lowest BCUT2D eigenvalue weighted by molar-refractivity contribution is 0.111. The molecule has 2 aliphatic rings. The van der Waals surface area contributed by atoms with Gasteiger partial charge in [-0.3, -0.25) is 4.90 Å². The van der Waals surface area contributed by atoms with Gasteiger partial charge in [-0.2, -0.15) is 0 Å². The average Bonchev–Trinajstić information content (AvgIpc) is 2.63. The Morgan fingerprint density at radius 2 is 1.76 bits per heavy atom. The fourth-order valence-electron chi connectivity index (χ4n) is 3.56. The highest BCUT2D eigenvalue weighted by Crippen LogP contribution is 2.36. The van der Waals surface area contributed by atoms with Gasteiger partial charge in [-0.25, -0.2) is 0 Å². The quantitative estimate of drug-likeness (QED) is 0.858. The van der Waals surface area contributed by atoms with Gasteiger partial charge in [0.15, 0.2) is 0 Å². The number of rotatable bonds is 3. The molecule has 2 nitrogen and oxygen atoms in total. The Kier molecular flexibility index (Phi) is 3.17. The van der Waals surface area contributed by atoms with Crippen LogP contribution in [0.4, 0.5) is 0 Å². The fraction of sp³-hybridized carbons (Fsp3) is 0.600. The van der Waals surface area contributed by atoms with Crippen molar-refractivity contribution in [3.05, 3.63) is 35.9 Å². The number of piperidine rings is 1. The number of benzene rings is 1. The maximum absolute atomic E-state index is 3.46. The van der Waals surface area contributed by atoms with Crippen molar-refractivity contribution >= 4 is 0 Å². The molecule has 0 saturated carbocycles. The molecular formula is C15H22N2. The summed E-state index contributed by atoms with van der Waals surface area (Å²) in [6.07, 6.45) is 5.46. The summed E-state index contributed by atoms with van der Waals surface area (Å²) in [4.78, 5) is 2.74. The summed E-state index contributed by atoms with van der Waals surface area (Å²) < 4.78 is 0. The minimum Gasteiger partial charge on any atom is -0.317 e. The number of hydrogen-bond acceptors (Lipinski definition) is 2. The average molecular weight is 230 g/mol. The molecule has 92 valence electrons. The molecule has 1 aromatic carbocycles. The molecule has 1 aromatic rings. The highest BCUT2D eigenvalue weighted by Gasteiger charge is 2.39. The smallest absolute Gasteiger partial charge is 0.0239 e. The molecule has 0 unspecified atom stereocenters. The Balaban J connectivity index is 1.69. The highest BCUT2D eigenvalue weighted by atomic mass is 15.2. The van der Waals surface area contributed by atoms with Crippen LogP contribution in [0.2, 0.25) is 0 Å². The molecule has 0 radical (unpaired) electrons. The van der Waals surface area contributed by atoms with Gasteiger partial charge in [-0.05, 0) is 38.3 Å². The fourth-order valence-corrected chi connectivity index (χ4v) is 3.56. The van der Waals surface area contributed by atoms with Crippen molar-refractivity contribution in [2.24, 2.45) is 0 Å². The lowest BCUT2D eigenvalue weighted by Crippen LogP contribution is -2.47. The first-order valence-electron chi connectivity index (χ1n) is 6.84. The summed E-state index contributed by atoms with van der Waals surface area (Å²) in [5.74, 6) is 0. The summed E-state index contributed by atoms with van der Waals surface area (Å²) in [5.41, 5.74) is 1.47. The van der Waals surface area contributed by atoms with E-state index in [-0.39, 0.29) is 0 Å². The van der Waals surface area contributed by atoms with E-state index in [1.807, 2.05) is 0 Å². The maximum atomic E-state index is 3.46. The van der Waals surface area contributed by atoms with Crippen molar-refractivity contribution in [3.8, 4) is 0 Å². The molecule has 2 heterocycles. The summed E-state index contributed by atoms with van der Waals surface area (Å²) in [7, 11) is 2.11. The molecule has 1 N–H and O–H groups in total. The second-order valence-corrected chi connectivity index (χ2v) is 5.50. The minimum atomic E-state index is 0.750. The van der Waals surface area contributed by atoms with Gasteiger partial charge < -0.3 is 5.32 Å². The van der Waals surface area contributed by atoms with Crippen molar-refractivity contribution in [1.29, 1.82) is 0 Å². The predicted octanol–water partition coefficient (Wildman–Crippen LogP) is 2.40. The topological polar surface area (TPSA) is 15.3 Å². The van der Waals surface area contributed by atoms with E-state index in [4.69, 9.17) is 0 Å². The van der Waals surface area contributed by atoms with E-state index in [0.717, 1.165) is 24.7 Å². The van der Waals surface area contributed by atoms with Crippen LogP contribution in [0.3, 0.4) is 0 Å². The predicted molar refractivity (Wildman–Crippen MR) is 70.9 cm³/mol. The zero-order valence-corrected chi connectivity index (χ0v) is 10.6. The molecule has 3 rings (SSSR count). The van der Waals surface area contributed by atoms with Gasteiger partial charge in [0, 0.05) is 24.7 Å². The molecule has 2 saturated heterocycles. The summed E-state index contributed by atoms with van der Waals surface area (Å²) in [6, 6.07) is 13.3. The zero-order valence-electron chi connectivity index (χ0n) is 10.6. The monoisotopic (exact) mass is 230 g/mol. The van der Waals surface area contributed by atoms with E-state index in [0.29, 0.717) is 0 Å². The Bertz CT molecular complexity index is 348. The van der Waals surface area contributed by atoms with Crippen molar-refractivity contribution in [1.82, 2.24) is 10.2 Å². The van der Waals surface area contributed by atoms with Crippen molar-refractivity contribution in [3.63, 3.8) is 0 Å². The van der Waals surface area contributed by atoms with Gasteiger partial charge >= 0.3 is 0 Å². The van der Waals surface area contributed by atoms with E-state index in [1.165, 1.54) is 31.2 Å². The summed E-state index contributed by atoms with van der Waals surface area (Å²) in [6.45, 7) is 1.15. The van der Waals surface area contributed by atoms with Crippen LogP contribution in [0.1, 0.15) is 31.2 Å². The second-order valence-electron chi connectivity index (χ2n) is 5.50. The first-order valence-corrected chi connectivity index (χ1v) is 6.84. The van der Waals surface area contributed by atoms with E-state index in [9.17, 15) is 0 Å². The molecule has 0 amide bonds. The van der Waals surface area contributed by atoms with Gasteiger partial charge in [0.05, 0.1) is 0 Å². The van der Waals surface area contributed by atoms with E-state index >= 15 is 0 Å². The Morgan fingerprint density at radius 3 is 2.35 bits per heavy atom. The van der Waals surface area contributed by atoms with Crippen LogP contribution in [0.15, 0.2) is 30.3 Å². The number of fused-ring (bicyclic) bond motifs is 2. The van der Waals surface area contributed by atoms with E-state index < -0.39 is 0 Å². The standard InChI is InChI=1S/C15H22N2/c1-16-13-9-14-7-8-15(10-13)17(14)11-12-5-3-2-4-6-12/h2-6,13-16H,7-11H2,1H3/t13-,14+,15-. The van der Waals surface area contributed by atoms with Crippen LogP contribution in [-0.4, -0.2) is 30.1 Å². The molecule has 2 fully saturated rings. The summed E-state index contributed by atoms with van der Waals surface area (Å²) >= 11 is 0. The molecule has 0 aromatic heterocycles. The molecule has 2 aliphatic heterocycles. The van der Waals surface area contributed by atoms with Gasteiger partial charge in [0.25, 0.3) is 0 Å². The normalized spacial score (nSPS) is 32.9. The molecule has 2 heteroatoms. The summed E-state index contributed by atoms with van der Waals surface area (Å²) in [5, 5.41) is 3.46. The van der Waals surface area contributed by atoms with Gasteiger partial charge in [0.1, 0.15) is 0 Å². The van der Waals surface area contributed by atoms with Crippen LogP contribution >= 0.6 is 0 Å².